The lowest BCUT2D eigenvalue weighted by atomic mass is 9.72. The van der Waals surface area contributed by atoms with E-state index in [1.54, 1.807) is 0 Å². The van der Waals surface area contributed by atoms with Gasteiger partial charge in [0.25, 0.3) is 5.91 Å². The number of carbonyl (C=O) groups excluding carboxylic acids is 2. The third kappa shape index (κ3) is 3.40. The Morgan fingerprint density at radius 1 is 1.15 bits per heavy atom. The van der Waals surface area contributed by atoms with Crippen molar-refractivity contribution in [3.63, 3.8) is 0 Å². The van der Waals surface area contributed by atoms with Crippen molar-refractivity contribution < 1.29 is 9.59 Å². The molecule has 3 fully saturated rings. The van der Waals surface area contributed by atoms with Crippen molar-refractivity contribution in [2.75, 3.05) is 39.8 Å². The summed E-state index contributed by atoms with van der Waals surface area (Å²) >= 11 is 0. The lowest BCUT2D eigenvalue weighted by molar-refractivity contribution is -0.141. The molecule has 1 atom stereocenters. The molecule has 148 valence electrons. The number of rotatable bonds is 2. The van der Waals surface area contributed by atoms with Crippen LogP contribution in [0.5, 0.6) is 0 Å². The predicted molar refractivity (Wildman–Crippen MR) is 105 cm³/mol. The van der Waals surface area contributed by atoms with Gasteiger partial charge in [0.1, 0.15) is 0 Å². The highest BCUT2D eigenvalue weighted by molar-refractivity contribution is 5.95. The van der Waals surface area contributed by atoms with Gasteiger partial charge in [0.15, 0.2) is 0 Å². The van der Waals surface area contributed by atoms with Gasteiger partial charge in [-0.15, -0.1) is 0 Å². The normalized spacial score (nSPS) is 26.2. The van der Waals surface area contributed by atoms with Gasteiger partial charge in [0, 0.05) is 57.6 Å². The molecule has 0 bridgehead atoms. The van der Waals surface area contributed by atoms with Gasteiger partial charge in [-0.25, -0.2) is 0 Å². The second-order valence-corrected chi connectivity index (χ2v) is 8.94. The smallest absolute Gasteiger partial charge is 0.255 e. The summed E-state index contributed by atoms with van der Waals surface area (Å²) in [4.78, 5) is 32.0. The molecule has 3 aliphatic heterocycles. The van der Waals surface area contributed by atoms with Gasteiger partial charge >= 0.3 is 0 Å². The molecule has 1 aromatic rings. The van der Waals surface area contributed by atoms with Crippen molar-refractivity contribution in [2.24, 2.45) is 12.5 Å². The third-order valence-electron chi connectivity index (χ3n) is 7.23. The Bertz CT molecular complexity index is 733. The van der Waals surface area contributed by atoms with Crippen LogP contribution in [0.15, 0.2) is 12.3 Å². The Labute approximate surface area is 162 Å². The van der Waals surface area contributed by atoms with E-state index < -0.39 is 0 Å². The van der Waals surface area contributed by atoms with E-state index in [2.05, 4.69) is 16.8 Å². The van der Waals surface area contributed by atoms with Crippen LogP contribution in [0.3, 0.4) is 0 Å². The minimum Gasteiger partial charge on any atom is -0.354 e. The quantitative estimate of drug-likeness (QED) is 0.796. The first-order chi connectivity index (χ1) is 12.9. The molecule has 0 aliphatic carbocycles. The van der Waals surface area contributed by atoms with Crippen molar-refractivity contribution in [3.05, 3.63) is 23.5 Å². The number of hydrogen-bond acceptors (Lipinski definition) is 3. The van der Waals surface area contributed by atoms with Crippen LogP contribution in [0.4, 0.5) is 0 Å². The molecule has 0 N–H and O–H groups in total. The molecule has 6 heteroatoms. The van der Waals surface area contributed by atoms with Gasteiger partial charge in [-0.3, -0.25) is 9.59 Å². The molecular formula is C21H32N4O2. The fourth-order valence-corrected chi connectivity index (χ4v) is 5.14. The summed E-state index contributed by atoms with van der Waals surface area (Å²) in [7, 11) is 4.12. The standard InChI is InChI=1S/C21H32N4O2/c1-16-18(6-11-23(16)3)20(27)24-12-8-21(9-13-24)7-4-19(26)25(15-21)17-5-10-22(2)14-17/h6,11,17H,4-5,7-10,12-15H2,1-3H3/t17-/m0/s1. The Kier molecular flexibility index (Phi) is 4.78. The molecule has 0 saturated carbocycles. The van der Waals surface area contributed by atoms with Crippen LogP contribution in [0.25, 0.3) is 0 Å². The first kappa shape index (κ1) is 18.5. The third-order valence-corrected chi connectivity index (χ3v) is 7.23. The van der Waals surface area contributed by atoms with Crippen LogP contribution in [0.2, 0.25) is 0 Å². The molecule has 4 heterocycles. The van der Waals surface area contributed by atoms with E-state index in [4.69, 9.17) is 0 Å². The maximum absolute atomic E-state index is 12.9. The van der Waals surface area contributed by atoms with Gasteiger partial charge in [0.05, 0.1) is 5.56 Å². The largest absolute Gasteiger partial charge is 0.354 e. The molecule has 6 nitrogen and oxygen atoms in total. The predicted octanol–water partition coefficient (Wildman–Crippen LogP) is 1.88. The minimum absolute atomic E-state index is 0.157. The number of hydrogen-bond donors (Lipinski definition) is 0. The fraction of sp³-hybridized carbons (Fsp3) is 0.714. The number of nitrogens with zero attached hydrogens (tertiary/aromatic N) is 4. The summed E-state index contributed by atoms with van der Waals surface area (Å²) in [6.07, 6.45) is 6.73. The fourth-order valence-electron chi connectivity index (χ4n) is 5.14. The summed E-state index contributed by atoms with van der Waals surface area (Å²) in [6.45, 7) is 6.58. The van der Waals surface area contributed by atoms with E-state index in [1.165, 1.54) is 0 Å². The molecular weight excluding hydrogens is 340 g/mol. The van der Waals surface area contributed by atoms with E-state index in [1.807, 2.05) is 35.7 Å². The number of aromatic nitrogens is 1. The molecule has 1 aromatic heterocycles. The zero-order chi connectivity index (χ0) is 19.2. The molecule has 2 amide bonds. The highest BCUT2D eigenvalue weighted by Gasteiger charge is 2.44. The van der Waals surface area contributed by atoms with E-state index in [9.17, 15) is 9.59 Å². The van der Waals surface area contributed by atoms with Crippen LogP contribution in [-0.2, 0) is 11.8 Å². The summed E-state index contributed by atoms with van der Waals surface area (Å²) < 4.78 is 2.00. The van der Waals surface area contributed by atoms with Crippen molar-refractivity contribution in [2.45, 2.75) is 45.1 Å². The first-order valence-corrected chi connectivity index (χ1v) is 10.3. The van der Waals surface area contributed by atoms with Gasteiger partial charge in [-0.05, 0) is 57.7 Å². The van der Waals surface area contributed by atoms with E-state index >= 15 is 0 Å². The van der Waals surface area contributed by atoms with Crippen LogP contribution in [0.1, 0.15) is 48.2 Å². The lowest BCUT2D eigenvalue weighted by Crippen LogP contribution is -2.55. The van der Waals surface area contributed by atoms with Crippen molar-refractivity contribution in [1.82, 2.24) is 19.3 Å². The number of likely N-dealkylation sites (N-methyl/N-ethyl adjacent to an activating group) is 1. The Morgan fingerprint density at radius 2 is 1.89 bits per heavy atom. The maximum atomic E-state index is 12.9. The topological polar surface area (TPSA) is 48.8 Å². The zero-order valence-electron chi connectivity index (χ0n) is 16.9. The van der Waals surface area contributed by atoms with Crippen LogP contribution in [0, 0.1) is 12.3 Å². The number of amides is 2. The van der Waals surface area contributed by atoms with E-state index in [-0.39, 0.29) is 11.3 Å². The molecule has 0 aromatic carbocycles. The monoisotopic (exact) mass is 372 g/mol. The van der Waals surface area contributed by atoms with Crippen molar-refractivity contribution >= 4 is 11.8 Å². The Hall–Kier alpha value is -1.82. The second-order valence-electron chi connectivity index (χ2n) is 8.94. The van der Waals surface area contributed by atoms with Gasteiger partial charge < -0.3 is 19.3 Å². The van der Waals surface area contributed by atoms with Crippen LogP contribution in [-0.4, -0.2) is 76.9 Å². The second kappa shape index (κ2) is 6.97. The summed E-state index contributed by atoms with van der Waals surface area (Å²) in [6, 6.07) is 2.31. The summed E-state index contributed by atoms with van der Waals surface area (Å²) in [5, 5.41) is 0. The van der Waals surface area contributed by atoms with Crippen molar-refractivity contribution in [3.8, 4) is 0 Å². The average molecular weight is 373 g/mol. The number of piperidine rings is 2. The first-order valence-electron chi connectivity index (χ1n) is 10.3. The number of carbonyl (C=O) groups is 2. The van der Waals surface area contributed by atoms with Crippen LogP contribution < -0.4 is 0 Å². The molecule has 0 radical (unpaired) electrons. The molecule has 3 aliphatic rings. The molecule has 1 spiro atoms. The van der Waals surface area contributed by atoms with Crippen LogP contribution >= 0.6 is 0 Å². The lowest BCUT2D eigenvalue weighted by Gasteiger charge is -2.49. The Morgan fingerprint density at radius 3 is 2.48 bits per heavy atom. The summed E-state index contributed by atoms with van der Waals surface area (Å²) in [5.41, 5.74) is 2.06. The molecule has 27 heavy (non-hydrogen) atoms. The summed E-state index contributed by atoms with van der Waals surface area (Å²) in [5.74, 6) is 0.489. The SMILES string of the molecule is Cc1c(C(=O)N2CCC3(CCC(=O)N([C@H]4CCN(C)C4)C3)CC2)ccn1C. The van der Waals surface area contributed by atoms with Gasteiger partial charge in [-0.1, -0.05) is 0 Å². The average Bonchev–Trinajstić information content (AvgIpc) is 3.24. The molecule has 0 unspecified atom stereocenters. The van der Waals surface area contributed by atoms with E-state index in [0.29, 0.717) is 18.4 Å². The van der Waals surface area contributed by atoms with E-state index in [0.717, 1.165) is 69.7 Å². The number of likely N-dealkylation sites (tertiary alicyclic amines) is 3. The van der Waals surface area contributed by atoms with Crippen molar-refractivity contribution in [1.29, 1.82) is 0 Å². The van der Waals surface area contributed by atoms with Gasteiger partial charge in [0.2, 0.25) is 5.91 Å². The van der Waals surface area contributed by atoms with Gasteiger partial charge in [-0.2, -0.15) is 0 Å². The Balaban J connectivity index is 1.41. The molecule has 4 rings (SSSR count). The zero-order valence-corrected chi connectivity index (χ0v) is 16.9. The highest BCUT2D eigenvalue weighted by atomic mass is 16.2. The highest BCUT2D eigenvalue weighted by Crippen LogP contribution is 2.41. The molecule has 3 saturated heterocycles. The number of aryl methyl sites for hydroxylation is 1. The maximum Gasteiger partial charge on any atom is 0.255 e. The minimum atomic E-state index is 0.157.